The molecule has 3 aromatic heterocycles. The third-order valence-electron chi connectivity index (χ3n) is 5.00. The summed E-state index contributed by atoms with van der Waals surface area (Å²) in [4.78, 5) is 13.0. The first kappa shape index (κ1) is 20.5. The number of anilines is 1. The van der Waals surface area contributed by atoms with Gasteiger partial charge in [-0.15, -0.1) is 10.2 Å². The highest BCUT2D eigenvalue weighted by molar-refractivity contribution is 6.28. The summed E-state index contributed by atoms with van der Waals surface area (Å²) < 4.78 is 11.1. The molecule has 0 amide bonds. The van der Waals surface area contributed by atoms with Crippen LogP contribution in [0.3, 0.4) is 0 Å². The topological polar surface area (TPSA) is 98.9 Å². The molecule has 0 saturated heterocycles. The lowest BCUT2D eigenvalue weighted by atomic mass is 9.98. The van der Waals surface area contributed by atoms with Crippen LogP contribution in [0, 0.1) is 6.92 Å². The Morgan fingerprint density at radius 3 is 2.61 bits per heavy atom. The second-order valence-corrected chi connectivity index (χ2v) is 7.34. The van der Waals surface area contributed by atoms with Gasteiger partial charge >= 0.3 is 0 Å². The second kappa shape index (κ2) is 8.95. The molecule has 1 aromatic carbocycles. The van der Waals surface area contributed by atoms with Crippen LogP contribution >= 0.6 is 0 Å². The van der Waals surface area contributed by atoms with Gasteiger partial charge in [-0.3, -0.25) is 4.98 Å². The van der Waals surface area contributed by atoms with Gasteiger partial charge in [-0.1, -0.05) is 13.0 Å². The van der Waals surface area contributed by atoms with E-state index in [4.69, 9.17) is 9.15 Å². The number of rotatable bonds is 7. The Morgan fingerprint density at radius 1 is 1.06 bits per heavy atom. The molecular formula is C22H23BN6O2. The van der Waals surface area contributed by atoms with Crippen LogP contribution in [0.2, 0.25) is 0 Å². The first-order chi connectivity index (χ1) is 15.0. The van der Waals surface area contributed by atoms with Gasteiger partial charge in [-0.2, -0.15) is 0 Å². The van der Waals surface area contributed by atoms with Crippen molar-refractivity contribution in [3.63, 3.8) is 0 Å². The highest BCUT2D eigenvalue weighted by atomic mass is 16.5. The summed E-state index contributed by atoms with van der Waals surface area (Å²) >= 11 is 0. The van der Waals surface area contributed by atoms with E-state index in [0.29, 0.717) is 18.2 Å². The smallest absolute Gasteiger partial charge is 0.246 e. The fourth-order valence-corrected chi connectivity index (χ4v) is 3.26. The first-order valence-corrected chi connectivity index (χ1v) is 10.0. The highest BCUT2D eigenvalue weighted by Gasteiger charge is 2.15. The molecule has 156 valence electrons. The van der Waals surface area contributed by atoms with Crippen LogP contribution in [0.25, 0.3) is 22.7 Å². The number of aromatic nitrogens is 5. The highest BCUT2D eigenvalue weighted by Crippen LogP contribution is 2.31. The molecule has 31 heavy (non-hydrogen) atoms. The molecule has 3 heterocycles. The Bertz CT molecular complexity index is 1180. The third kappa shape index (κ3) is 4.71. The Morgan fingerprint density at radius 2 is 1.90 bits per heavy atom. The maximum Gasteiger partial charge on any atom is 0.246 e. The zero-order chi connectivity index (χ0) is 21.8. The van der Waals surface area contributed by atoms with Crippen molar-refractivity contribution >= 4 is 19.5 Å². The molecule has 1 atom stereocenters. The summed E-state index contributed by atoms with van der Waals surface area (Å²) in [5.74, 6) is 2.72. The molecule has 1 unspecified atom stereocenters. The SMILES string of the molecule is Bc1nnc(-c2ccc(C(C)CNc3cc(-c4ccc(C)nc4)ncn3)c(OC)c2)o1. The van der Waals surface area contributed by atoms with Crippen LogP contribution in [0.4, 0.5) is 5.82 Å². The predicted molar refractivity (Wildman–Crippen MR) is 121 cm³/mol. The van der Waals surface area contributed by atoms with Gasteiger partial charge in [0.05, 0.1) is 12.8 Å². The van der Waals surface area contributed by atoms with Crippen molar-refractivity contribution < 1.29 is 9.15 Å². The van der Waals surface area contributed by atoms with Gasteiger partial charge in [0.25, 0.3) is 0 Å². The summed E-state index contributed by atoms with van der Waals surface area (Å²) in [5, 5.41) is 11.4. The molecule has 9 heteroatoms. The van der Waals surface area contributed by atoms with E-state index in [9.17, 15) is 0 Å². The van der Waals surface area contributed by atoms with Gasteiger partial charge in [-0.25, -0.2) is 9.97 Å². The van der Waals surface area contributed by atoms with E-state index in [2.05, 4.69) is 37.4 Å². The van der Waals surface area contributed by atoms with Gasteiger partial charge in [0.15, 0.2) is 5.79 Å². The number of nitrogens with one attached hydrogen (secondary N) is 1. The van der Waals surface area contributed by atoms with Crippen molar-refractivity contribution in [2.75, 3.05) is 19.0 Å². The molecule has 0 saturated carbocycles. The summed E-state index contributed by atoms with van der Waals surface area (Å²) in [6.45, 7) is 4.77. The summed E-state index contributed by atoms with van der Waals surface area (Å²) in [7, 11) is 3.43. The van der Waals surface area contributed by atoms with Crippen molar-refractivity contribution in [1.82, 2.24) is 25.1 Å². The van der Waals surface area contributed by atoms with Crippen molar-refractivity contribution in [2.24, 2.45) is 0 Å². The van der Waals surface area contributed by atoms with Crippen LogP contribution in [0.5, 0.6) is 5.75 Å². The van der Waals surface area contributed by atoms with Crippen molar-refractivity contribution in [3.8, 4) is 28.5 Å². The van der Waals surface area contributed by atoms with Crippen LogP contribution in [0.15, 0.2) is 53.3 Å². The van der Waals surface area contributed by atoms with Crippen LogP contribution in [0.1, 0.15) is 24.1 Å². The van der Waals surface area contributed by atoms with Gasteiger partial charge in [0, 0.05) is 41.5 Å². The Labute approximate surface area is 181 Å². The fourth-order valence-electron chi connectivity index (χ4n) is 3.26. The van der Waals surface area contributed by atoms with Crippen molar-refractivity contribution in [2.45, 2.75) is 19.8 Å². The summed E-state index contributed by atoms with van der Waals surface area (Å²) in [6, 6.07) is 11.8. The van der Waals surface area contributed by atoms with E-state index in [1.165, 1.54) is 0 Å². The van der Waals surface area contributed by atoms with Gasteiger partial charge < -0.3 is 14.5 Å². The van der Waals surface area contributed by atoms with E-state index in [1.54, 1.807) is 21.3 Å². The molecule has 1 N–H and O–H groups in total. The minimum atomic E-state index is 0.174. The molecule has 4 rings (SSSR count). The summed E-state index contributed by atoms with van der Waals surface area (Å²) in [6.07, 6.45) is 3.38. The summed E-state index contributed by atoms with van der Waals surface area (Å²) in [5.41, 5.74) is 4.66. The van der Waals surface area contributed by atoms with Gasteiger partial charge in [-0.05, 0) is 36.8 Å². The number of nitrogens with zero attached hydrogens (tertiary/aromatic N) is 5. The van der Waals surface area contributed by atoms with Crippen LogP contribution in [-0.2, 0) is 0 Å². The lowest BCUT2D eigenvalue weighted by Crippen LogP contribution is -2.12. The Kier molecular flexibility index (Phi) is 5.93. The maximum absolute atomic E-state index is 5.62. The Balaban J connectivity index is 1.48. The molecule has 8 nitrogen and oxygen atoms in total. The van der Waals surface area contributed by atoms with E-state index < -0.39 is 0 Å². The van der Waals surface area contributed by atoms with E-state index >= 15 is 0 Å². The predicted octanol–water partition coefficient (Wildman–Crippen LogP) is 2.38. The largest absolute Gasteiger partial charge is 0.496 e. The molecule has 0 radical (unpaired) electrons. The number of methoxy groups -OCH3 is 1. The standard InChI is InChI=1S/C22H23BN6O2/c1-13(17-7-6-15(8-19(17)30-3)21-28-29-22(23)31-21)10-25-20-9-18(26-12-27-20)16-5-4-14(2)24-11-16/h4-9,11-13H,10,23H2,1-3H3,(H,25,26,27). The molecule has 0 aliphatic rings. The average Bonchev–Trinajstić information content (AvgIpc) is 3.24. The molecule has 0 fully saturated rings. The number of aryl methyl sites for hydroxylation is 1. The average molecular weight is 414 g/mol. The van der Waals surface area contributed by atoms with Crippen LogP contribution in [-0.4, -0.2) is 46.7 Å². The molecule has 0 spiro atoms. The third-order valence-corrected chi connectivity index (χ3v) is 5.00. The number of hydrogen-bond donors (Lipinski definition) is 1. The van der Waals surface area contributed by atoms with Crippen molar-refractivity contribution in [3.05, 3.63) is 60.2 Å². The first-order valence-electron chi connectivity index (χ1n) is 10.0. The lowest BCUT2D eigenvalue weighted by Gasteiger charge is -2.17. The lowest BCUT2D eigenvalue weighted by molar-refractivity contribution is 0.407. The van der Waals surface area contributed by atoms with Crippen LogP contribution < -0.4 is 15.8 Å². The number of hydrogen-bond acceptors (Lipinski definition) is 8. The maximum atomic E-state index is 5.62. The van der Waals surface area contributed by atoms with Gasteiger partial charge in [0.2, 0.25) is 13.7 Å². The number of pyridine rings is 1. The molecule has 4 aromatic rings. The quantitative estimate of drug-likeness (QED) is 0.461. The molecule has 0 aliphatic heterocycles. The minimum absolute atomic E-state index is 0.174. The number of benzene rings is 1. The fraction of sp³-hybridized carbons (Fsp3) is 0.227. The monoisotopic (exact) mass is 414 g/mol. The van der Waals surface area contributed by atoms with Crippen molar-refractivity contribution in [1.29, 1.82) is 0 Å². The van der Waals surface area contributed by atoms with E-state index in [-0.39, 0.29) is 5.92 Å². The minimum Gasteiger partial charge on any atom is -0.496 e. The Hall–Kier alpha value is -3.75. The number of ether oxygens (including phenoxy) is 1. The zero-order valence-electron chi connectivity index (χ0n) is 18.0. The molecule has 0 bridgehead atoms. The normalized spacial score (nSPS) is 11.8. The second-order valence-electron chi connectivity index (χ2n) is 7.34. The van der Waals surface area contributed by atoms with E-state index in [1.807, 2.05) is 49.5 Å². The zero-order valence-corrected chi connectivity index (χ0v) is 18.0. The van der Waals surface area contributed by atoms with Gasteiger partial charge in [0.1, 0.15) is 17.9 Å². The molecule has 0 aliphatic carbocycles. The van der Waals surface area contributed by atoms with E-state index in [0.717, 1.165) is 39.6 Å². The molecular weight excluding hydrogens is 391 g/mol.